The van der Waals surface area contributed by atoms with Crippen LogP contribution in [-0.2, 0) is 22.5 Å². The van der Waals surface area contributed by atoms with Gasteiger partial charge in [-0.3, -0.25) is 9.79 Å². The molecule has 142 valence electrons. The molecule has 1 saturated heterocycles. The van der Waals surface area contributed by atoms with E-state index in [9.17, 15) is 4.79 Å². The molecular formula is C25H25NO2. The van der Waals surface area contributed by atoms with Crippen LogP contribution in [0.1, 0.15) is 53.5 Å². The molecule has 0 radical (unpaired) electrons. The van der Waals surface area contributed by atoms with Crippen LogP contribution in [0, 0.1) is 5.92 Å². The highest BCUT2D eigenvalue weighted by Crippen LogP contribution is 2.35. The number of hydrogen-bond donors (Lipinski definition) is 0. The first-order chi connectivity index (χ1) is 13.7. The van der Waals surface area contributed by atoms with Gasteiger partial charge in [-0.05, 0) is 47.2 Å². The van der Waals surface area contributed by atoms with E-state index >= 15 is 0 Å². The van der Waals surface area contributed by atoms with Gasteiger partial charge in [-0.1, -0.05) is 43.3 Å². The number of carbonyl (C=O) groups is 1. The molecule has 3 aliphatic rings. The topological polar surface area (TPSA) is 38.7 Å². The second kappa shape index (κ2) is 7.14. The van der Waals surface area contributed by atoms with Gasteiger partial charge in [0, 0.05) is 48.3 Å². The summed E-state index contributed by atoms with van der Waals surface area (Å²) in [6.07, 6.45) is 4.97. The van der Waals surface area contributed by atoms with E-state index in [1.807, 2.05) is 37.3 Å². The summed E-state index contributed by atoms with van der Waals surface area (Å²) in [6, 6.07) is 14.6. The highest BCUT2D eigenvalue weighted by atomic mass is 16.5. The quantitative estimate of drug-likeness (QED) is 0.779. The predicted octanol–water partition coefficient (Wildman–Crippen LogP) is 4.73. The maximum absolute atomic E-state index is 13.1. The summed E-state index contributed by atoms with van der Waals surface area (Å²) in [5, 5.41) is 0. The van der Waals surface area contributed by atoms with Crippen LogP contribution < -0.4 is 0 Å². The standard InChI is InChI=1S/C25H25NO2/c1-16(17-5-3-2-4-6-17)25(27)21-11-19-13-22-15-26-24(18-7-9-28-10-8-18)23(22)14-20(19)12-21/h2-6,12-14,16,18H,7-11,15H2,1H3/t16-/m1/s1. The molecule has 0 saturated carbocycles. The van der Waals surface area contributed by atoms with E-state index in [4.69, 9.17) is 9.73 Å². The molecule has 2 heterocycles. The van der Waals surface area contributed by atoms with Gasteiger partial charge in [0.2, 0.25) is 0 Å². The van der Waals surface area contributed by atoms with E-state index in [1.165, 1.54) is 28.0 Å². The summed E-state index contributed by atoms with van der Waals surface area (Å²) in [5.74, 6) is 0.645. The fourth-order valence-electron chi connectivity index (χ4n) is 4.72. The van der Waals surface area contributed by atoms with Crippen LogP contribution in [0.3, 0.4) is 0 Å². The Morgan fingerprint density at radius 1 is 1.11 bits per heavy atom. The number of Topliss-reactive ketones (excluding diaryl/α,β-unsaturated/α-hetero) is 1. The van der Waals surface area contributed by atoms with Gasteiger partial charge in [-0.2, -0.15) is 0 Å². The largest absolute Gasteiger partial charge is 0.381 e. The van der Waals surface area contributed by atoms with Crippen LogP contribution >= 0.6 is 0 Å². The lowest BCUT2D eigenvalue weighted by Crippen LogP contribution is -2.23. The number of aliphatic imine (C=N–C) groups is 1. The number of allylic oxidation sites excluding steroid dienone is 1. The van der Waals surface area contributed by atoms with E-state index in [0.29, 0.717) is 5.92 Å². The Labute approximate surface area is 166 Å². The van der Waals surface area contributed by atoms with Gasteiger partial charge in [-0.15, -0.1) is 0 Å². The van der Waals surface area contributed by atoms with Crippen molar-refractivity contribution in [2.75, 3.05) is 13.2 Å². The molecule has 1 aliphatic carbocycles. The lowest BCUT2D eigenvalue weighted by Gasteiger charge is -2.23. The highest BCUT2D eigenvalue weighted by Gasteiger charge is 2.29. The number of nitrogens with zero attached hydrogens (tertiary/aromatic N) is 1. The van der Waals surface area contributed by atoms with E-state index in [0.717, 1.165) is 50.2 Å². The molecule has 3 heteroatoms. The average molecular weight is 371 g/mol. The first kappa shape index (κ1) is 17.6. The fraction of sp³-hybridized carbons (Fsp3) is 0.360. The summed E-state index contributed by atoms with van der Waals surface area (Å²) < 4.78 is 5.52. The Bertz CT molecular complexity index is 981. The van der Waals surface area contributed by atoms with Gasteiger partial charge in [-0.25, -0.2) is 0 Å². The van der Waals surface area contributed by atoms with Crippen LogP contribution in [0.5, 0.6) is 0 Å². The lowest BCUT2D eigenvalue weighted by atomic mass is 9.88. The van der Waals surface area contributed by atoms with Gasteiger partial charge in [0.25, 0.3) is 0 Å². The minimum absolute atomic E-state index is 0.104. The van der Waals surface area contributed by atoms with Crippen molar-refractivity contribution in [2.24, 2.45) is 10.9 Å². The molecule has 1 fully saturated rings. The SMILES string of the molecule is C[C@@H](C(=O)C1=Cc2cc3c(cc2C1)CN=C3C1CCOCC1)c1ccccc1. The van der Waals surface area contributed by atoms with Gasteiger partial charge < -0.3 is 4.74 Å². The summed E-state index contributed by atoms with van der Waals surface area (Å²) in [5.41, 5.74) is 8.35. The summed E-state index contributed by atoms with van der Waals surface area (Å²) in [6.45, 7) is 4.45. The van der Waals surface area contributed by atoms with Crippen molar-refractivity contribution in [3.8, 4) is 0 Å². The third kappa shape index (κ3) is 3.04. The molecule has 28 heavy (non-hydrogen) atoms. The van der Waals surface area contributed by atoms with Crippen molar-refractivity contribution >= 4 is 17.6 Å². The summed E-state index contributed by atoms with van der Waals surface area (Å²) in [7, 11) is 0. The number of ketones is 1. The van der Waals surface area contributed by atoms with E-state index < -0.39 is 0 Å². The zero-order valence-corrected chi connectivity index (χ0v) is 16.3. The van der Waals surface area contributed by atoms with Crippen LogP contribution in [-0.4, -0.2) is 24.7 Å². The zero-order chi connectivity index (χ0) is 19.1. The van der Waals surface area contributed by atoms with E-state index in [1.54, 1.807) is 0 Å². The molecule has 2 aliphatic heterocycles. The van der Waals surface area contributed by atoms with Crippen LogP contribution in [0.25, 0.3) is 6.08 Å². The molecule has 0 aromatic heterocycles. The molecule has 2 aromatic carbocycles. The summed E-state index contributed by atoms with van der Waals surface area (Å²) in [4.78, 5) is 17.9. The van der Waals surface area contributed by atoms with Crippen molar-refractivity contribution in [3.63, 3.8) is 0 Å². The Hall–Kier alpha value is -2.52. The predicted molar refractivity (Wildman–Crippen MR) is 112 cm³/mol. The monoisotopic (exact) mass is 371 g/mol. The van der Waals surface area contributed by atoms with Crippen LogP contribution in [0.2, 0.25) is 0 Å². The third-order valence-corrected chi connectivity index (χ3v) is 6.39. The molecule has 5 rings (SSSR count). The molecule has 0 unspecified atom stereocenters. The fourth-order valence-corrected chi connectivity index (χ4v) is 4.72. The molecule has 1 atom stereocenters. The Morgan fingerprint density at radius 3 is 2.68 bits per heavy atom. The van der Waals surface area contributed by atoms with Crippen molar-refractivity contribution in [1.29, 1.82) is 0 Å². The number of fused-ring (bicyclic) bond motifs is 2. The number of ether oxygens (including phenoxy) is 1. The average Bonchev–Trinajstić information content (AvgIpc) is 3.35. The van der Waals surface area contributed by atoms with Gasteiger partial charge in [0.05, 0.1) is 6.54 Å². The van der Waals surface area contributed by atoms with Crippen molar-refractivity contribution in [3.05, 3.63) is 75.9 Å². The Kier molecular flexibility index (Phi) is 4.48. The lowest BCUT2D eigenvalue weighted by molar-refractivity contribution is -0.116. The highest BCUT2D eigenvalue weighted by molar-refractivity contribution is 6.08. The second-order valence-corrected chi connectivity index (χ2v) is 8.14. The molecule has 2 aromatic rings. The molecule has 3 nitrogen and oxygen atoms in total. The number of rotatable bonds is 4. The van der Waals surface area contributed by atoms with E-state index in [-0.39, 0.29) is 11.7 Å². The first-order valence-electron chi connectivity index (χ1n) is 10.3. The van der Waals surface area contributed by atoms with Gasteiger partial charge in [0.15, 0.2) is 5.78 Å². The maximum atomic E-state index is 13.1. The Morgan fingerprint density at radius 2 is 1.89 bits per heavy atom. The van der Waals surface area contributed by atoms with Crippen molar-refractivity contribution < 1.29 is 9.53 Å². The van der Waals surface area contributed by atoms with Crippen molar-refractivity contribution in [1.82, 2.24) is 0 Å². The van der Waals surface area contributed by atoms with E-state index in [2.05, 4.69) is 18.2 Å². The smallest absolute Gasteiger partial charge is 0.166 e. The minimum Gasteiger partial charge on any atom is -0.381 e. The number of carbonyl (C=O) groups excluding carboxylic acids is 1. The van der Waals surface area contributed by atoms with Crippen molar-refractivity contribution in [2.45, 2.75) is 38.6 Å². The van der Waals surface area contributed by atoms with Gasteiger partial charge in [0.1, 0.15) is 0 Å². The summed E-state index contributed by atoms with van der Waals surface area (Å²) >= 11 is 0. The second-order valence-electron chi connectivity index (χ2n) is 8.14. The number of benzene rings is 2. The maximum Gasteiger partial charge on any atom is 0.166 e. The Balaban J connectivity index is 1.40. The molecule has 0 N–H and O–H groups in total. The third-order valence-electron chi connectivity index (χ3n) is 6.39. The van der Waals surface area contributed by atoms with Gasteiger partial charge >= 0.3 is 0 Å². The minimum atomic E-state index is -0.104. The molecule has 0 spiro atoms. The zero-order valence-electron chi connectivity index (χ0n) is 16.3. The molecule has 0 bridgehead atoms. The molecular weight excluding hydrogens is 346 g/mol. The first-order valence-corrected chi connectivity index (χ1v) is 10.3. The number of hydrogen-bond acceptors (Lipinski definition) is 3. The van der Waals surface area contributed by atoms with Crippen LogP contribution in [0.4, 0.5) is 0 Å². The van der Waals surface area contributed by atoms with Crippen LogP contribution in [0.15, 0.2) is 53.0 Å². The molecule has 0 amide bonds. The normalized spacial score (nSPS) is 19.6.